The summed E-state index contributed by atoms with van der Waals surface area (Å²) in [5.74, 6) is -1.20. The van der Waals surface area contributed by atoms with Gasteiger partial charge in [0.25, 0.3) is 0 Å². The fourth-order valence-electron chi connectivity index (χ4n) is 1.61. The lowest BCUT2D eigenvalue weighted by Gasteiger charge is -2.13. The van der Waals surface area contributed by atoms with Crippen molar-refractivity contribution in [1.82, 2.24) is 4.98 Å². The van der Waals surface area contributed by atoms with E-state index < -0.39 is 11.9 Å². The van der Waals surface area contributed by atoms with Gasteiger partial charge in [-0.1, -0.05) is 6.07 Å². The van der Waals surface area contributed by atoms with Crippen LogP contribution in [0.3, 0.4) is 0 Å². The lowest BCUT2D eigenvalue weighted by Crippen LogP contribution is -2.26. The molecule has 1 amide bonds. The Bertz CT molecular complexity index is 391. The van der Waals surface area contributed by atoms with Gasteiger partial charge in [0.2, 0.25) is 5.91 Å². The van der Waals surface area contributed by atoms with E-state index in [0.29, 0.717) is 5.82 Å². The molecule has 1 aliphatic rings. The molecule has 1 aromatic rings. The molecule has 0 spiro atoms. The number of rotatable bonds is 2. The number of nitrogens with zero attached hydrogens (tertiary/aromatic N) is 2. The van der Waals surface area contributed by atoms with Crippen LogP contribution in [-0.2, 0) is 9.59 Å². The molecule has 1 fully saturated rings. The molecule has 1 saturated heterocycles. The Balaban J connectivity index is 2.19. The predicted octanol–water partition coefficient (Wildman–Crippen LogP) is 0.519. The van der Waals surface area contributed by atoms with Crippen molar-refractivity contribution in [3.8, 4) is 0 Å². The van der Waals surface area contributed by atoms with Crippen molar-refractivity contribution >= 4 is 17.7 Å². The molecule has 78 valence electrons. The van der Waals surface area contributed by atoms with Crippen LogP contribution in [0.5, 0.6) is 0 Å². The van der Waals surface area contributed by atoms with Gasteiger partial charge in [-0.25, -0.2) is 4.98 Å². The molecule has 0 radical (unpaired) electrons. The molecular formula is C10H10N2O3. The fraction of sp³-hybridized carbons (Fsp3) is 0.300. The van der Waals surface area contributed by atoms with Crippen molar-refractivity contribution in [3.63, 3.8) is 0 Å². The number of hydrogen-bond donors (Lipinski definition) is 1. The van der Waals surface area contributed by atoms with E-state index in [2.05, 4.69) is 4.98 Å². The number of carbonyl (C=O) groups excluding carboxylic acids is 1. The maximum absolute atomic E-state index is 11.5. The number of hydrogen-bond acceptors (Lipinski definition) is 3. The van der Waals surface area contributed by atoms with Crippen molar-refractivity contribution in [2.75, 3.05) is 11.4 Å². The van der Waals surface area contributed by atoms with Gasteiger partial charge in [0, 0.05) is 19.2 Å². The van der Waals surface area contributed by atoms with E-state index in [9.17, 15) is 9.59 Å². The van der Waals surface area contributed by atoms with Crippen LogP contribution in [0.1, 0.15) is 6.42 Å². The molecule has 1 aromatic heterocycles. The number of amides is 1. The molecule has 2 rings (SSSR count). The van der Waals surface area contributed by atoms with Gasteiger partial charge < -0.3 is 5.11 Å². The van der Waals surface area contributed by atoms with Crippen LogP contribution in [0.15, 0.2) is 24.4 Å². The first kappa shape index (κ1) is 9.64. The van der Waals surface area contributed by atoms with E-state index in [1.54, 1.807) is 24.4 Å². The minimum Gasteiger partial charge on any atom is -0.481 e. The van der Waals surface area contributed by atoms with E-state index in [0.717, 1.165) is 0 Å². The van der Waals surface area contributed by atoms with Crippen LogP contribution in [0, 0.1) is 5.92 Å². The minimum absolute atomic E-state index is 0.0614. The largest absolute Gasteiger partial charge is 0.481 e. The highest BCUT2D eigenvalue weighted by atomic mass is 16.4. The molecule has 5 heteroatoms. The second-order valence-electron chi connectivity index (χ2n) is 3.43. The number of anilines is 1. The van der Waals surface area contributed by atoms with E-state index in [4.69, 9.17) is 5.11 Å². The van der Waals surface area contributed by atoms with E-state index >= 15 is 0 Å². The van der Waals surface area contributed by atoms with Crippen LogP contribution in [0.25, 0.3) is 0 Å². The Morgan fingerprint density at radius 2 is 2.33 bits per heavy atom. The molecule has 0 bridgehead atoms. The Morgan fingerprint density at radius 1 is 1.53 bits per heavy atom. The first-order valence-corrected chi connectivity index (χ1v) is 4.62. The van der Waals surface area contributed by atoms with Crippen LogP contribution in [0.4, 0.5) is 5.82 Å². The second-order valence-corrected chi connectivity index (χ2v) is 3.43. The van der Waals surface area contributed by atoms with Crippen LogP contribution < -0.4 is 4.90 Å². The van der Waals surface area contributed by atoms with Crippen molar-refractivity contribution in [2.45, 2.75) is 6.42 Å². The summed E-state index contributed by atoms with van der Waals surface area (Å²) in [6.07, 6.45) is 1.64. The number of aromatic nitrogens is 1. The Kier molecular flexibility index (Phi) is 2.37. The van der Waals surface area contributed by atoms with Crippen LogP contribution >= 0.6 is 0 Å². The van der Waals surface area contributed by atoms with Gasteiger partial charge >= 0.3 is 5.97 Å². The topological polar surface area (TPSA) is 70.5 Å². The van der Waals surface area contributed by atoms with Gasteiger partial charge in [-0.15, -0.1) is 0 Å². The summed E-state index contributed by atoms with van der Waals surface area (Å²) in [5, 5.41) is 8.80. The third kappa shape index (κ3) is 1.81. The summed E-state index contributed by atoms with van der Waals surface area (Å²) in [6, 6.07) is 5.21. The third-order valence-electron chi connectivity index (χ3n) is 2.40. The first-order valence-electron chi connectivity index (χ1n) is 4.62. The molecule has 0 aliphatic carbocycles. The van der Waals surface area contributed by atoms with Crippen LogP contribution in [0.2, 0.25) is 0 Å². The predicted molar refractivity (Wildman–Crippen MR) is 52.3 cm³/mol. The van der Waals surface area contributed by atoms with Gasteiger partial charge in [-0.2, -0.15) is 0 Å². The average molecular weight is 206 g/mol. The molecule has 0 unspecified atom stereocenters. The van der Waals surface area contributed by atoms with E-state index in [-0.39, 0.29) is 18.9 Å². The molecule has 15 heavy (non-hydrogen) atoms. The molecule has 2 heterocycles. The number of carbonyl (C=O) groups is 2. The maximum atomic E-state index is 11.5. The monoisotopic (exact) mass is 206 g/mol. The van der Waals surface area contributed by atoms with E-state index in [1.807, 2.05) is 0 Å². The Morgan fingerprint density at radius 3 is 2.87 bits per heavy atom. The fourth-order valence-corrected chi connectivity index (χ4v) is 1.61. The second kappa shape index (κ2) is 3.68. The normalized spacial score (nSPS) is 20.7. The molecule has 0 saturated carbocycles. The van der Waals surface area contributed by atoms with Crippen molar-refractivity contribution in [2.24, 2.45) is 5.92 Å². The standard InChI is InChI=1S/C10H10N2O3/c13-9-5-7(10(14)15)6-12(9)8-3-1-2-4-11-8/h1-4,7H,5-6H2,(H,14,15)/t7-/m0/s1. The zero-order valence-electron chi connectivity index (χ0n) is 7.96. The maximum Gasteiger partial charge on any atom is 0.308 e. The molecular weight excluding hydrogens is 196 g/mol. The lowest BCUT2D eigenvalue weighted by atomic mass is 10.1. The SMILES string of the molecule is O=C(O)[C@H]1CC(=O)N(c2ccccn2)C1. The summed E-state index contributed by atoms with van der Waals surface area (Å²) in [4.78, 5) is 27.7. The zero-order chi connectivity index (χ0) is 10.8. The first-order chi connectivity index (χ1) is 7.18. The van der Waals surface area contributed by atoms with Gasteiger partial charge in [-0.05, 0) is 12.1 Å². The minimum atomic E-state index is -0.929. The van der Waals surface area contributed by atoms with Gasteiger partial charge in [0.05, 0.1) is 5.92 Å². The van der Waals surface area contributed by atoms with Crippen molar-refractivity contribution in [3.05, 3.63) is 24.4 Å². The molecule has 1 atom stereocenters. The summed E-state index contributed by atoms with van der Waals surface area (Å²) < 4.78 is 0. The van der Waals surface area contributed by atoms with Crippen LogP contribution in [-0.4, -0.2) is 28.5 Å². The summed E-state index contributed by atoms with van der Waals surface area (Å²) in [5.41, 5.74) is 0. The summed E-state index contributed by atoms with van der Waals surface area (Å²) >= 11 is 0. The lowest BCUT2D eigenvalue weighted by molar-refractivity contribution is -0.141. The van der Waals surface area contributed by atoms with E-state index in [1.165, 1.54) is 4.90 Å². The molecule has 0 aromatic carbocycles. The highest BCUT2D eigenvalue weighted by Gasteiger charge is 2.35. The molecule has 5 nitrogen and oxygen atoms in total. The zero-order valence-corrected chi connectivity index (χ0v) is 7.96. The Hall–Kier alpha value is -1.91. The summed E-state index contributed by atoms with van der Waals surface area (Å²) in [7, 11) is 0. The van der Waals surface area contributed by atoms with Gasteiger partial charge in [0.15, 0.2) is 0 Å². The average Bonchev–Trinajstić information content (AvgIpc) is 2.62. The van der Waals surface area contributed by atoms with Crippen molar-refractivity contribution in [1.29, 1.82) is 0 Å². The quantitative estimate of drug-likeness (QED) is 0.765. The Labute approximate surface area is 86.3 Å². The highest BCUT2D eigenvalue weighted by molar-refractivity contribution is 5.98. The summed E-state index contributed by atoms with van der Waals surface area (Å²) in [6.45, 7) is 0.213. The van der Waals surface area contributed by atoms with Crippen molar-refractivity contribution < 1.29 is 14.7 Å². The number of carboxylic acid groups (broad SMARTS) is 1. The number of pyridine rings is 1. The third-order valence-corrected chi connectivity index (χ3v) is 2.40. The van der Waals surface area contributed by atoms with Gasteiger partial charge in [-0.3, -0.25) is 14.5 Å². The van der Waals surface area contributed by atoms with Gasteiger partial charge in [0.1, 0.15) is 5.82 Å². The number of carboxylic acids is 1. The molecule has 1 aliphatic heterocycles. The number of aliphatic carboxylic acids is 1. The molecule has 1 N–H and O–H groups in total. The highest BCUT2D eigenvalue weighted by Crippen LogP contribution is 2.22. The smallest absolute Gasteiger partial charge is 0.308 e.